The van der Waals surface area contributed by atoms with E-state index in [4.69, 9.17) is 0 Å². The van der Waals surface area contributed by atoms with Gasteiger partial charge in [0.1, 0.15) is 0 Å². The number of halogens is 2. The summed E-state index contributed by atoms with van der Waals surface area (Å²) in [5, 5.41) is 17.0. The number of aromatic nitrogens is 4. The fourth-order valence-corrected chi connectivity index (χ4v) is 3.57. The van der Waals surface area contributed by atoms with Gasteiger partial charge in [-0.1, -0.05) is 24.6 Å². The molecule has 1 saturated carbocycles. The van der Waals surface area contributed by atoms with Gasteiger partial charge in [0.25, 0.3) is 0 Å². The third-order valence-corrected chi connectivity index (χ3v) is 5.05. The molecule has 0 aliphatic heterocycles. The second-order valence-corrected chi connectivity index (χ2v) is 7.03. The van der Waals surface area contributed by atoms with Gasteiger partial charge in [0, 0.05) is 11.8 Å². The van der Waals surface area contributed by atoms with E-state index in [1.165, 1.54) is 17.8 Å². The Kier molecular flexibility index (Phi) is 6.32. The van der Waals surface area contributed by atoms with Gasteiger partial charge in [-0.05, 0) is 35.4 Å². The molecule has 0 spiro atoms. The van der Waals surface area contributed by atoms with E-state index in [2.05, 4.69) is 26.2 Å². The zero-order valence-electron chi connectivity index (χ0n) is 14.3. The minimum atomic E-state index is -1.06. The molecule has 1 heterocycles. The molecule has 0 bridgehead atoms. The third kappa shape index (κ3) is 5.22. The maximum Gasteiger partial charge on any atom is 0.243 e. The van der Waals surface area contributed by atoms with E-state index in [1.54, 1.807) is 4.68 Å². The Bertz CT molecular complexity index is 825. The lowest BCUT2D eigenvalue weighted by Crippen LogP contribution is -2.34. The monoisotopic (exact) mass is 396 g/mol. The molecule has 1 aromatic carbocycles. The van der Waals surface area contributed by atoms with E-state index in [0.29, 0.717) is 5.16 Å². The van der Waals surface area contributed by atoms with Crippen LogP contribution in [0.5, 0.6) is 0 Å². The lowest BCUT2D eigenvalue weighted by Gasteiger charge is -2.10. The Morgan fingerprint density at radius 2 is 1.96 bits per heavy atom. The largest absolute Gasteiger partial charge is 0.346 e. The second kappa shape index (κ2) is 8.89. The molecule has 27 heavy (non-hydrogen) atoms. The minimum absolute atomic E-state index is 0.0611. The van der Waals surface area contributed by atoms with Crippen molar-refractivity contribution in [3.05, 3.63) is 29.8 Å². The number of tetrazole rings is 1. The van der Waals surface area contributed by atoms with E-state index in [0.717, 1.165) is 37.8 Å². The summed E-state index contributed by atoms with van der Waals surface area (Å²) in [6.07, 6.45) is 4.33. The summed E-state index contributed by atoms with van der Waals surface area (Å²) in [6, 6.07) is 3.28. The lowest BCUT2D eigenvalue weighted by atomic mass is 10.3. The van der Waals surface area contributed by atoms with Crippen LogP contribution in [0.3, 0.4) is 0 Å². The van der Waals surface area contributed by atoms with Gasteiger partial charge in [-0.15, -0.1) is 5.10 Å². The average Bonchev–Trinajstić information content (AvgIpc) is 3.32. The van der Waals surface area contributed by atoms with Crippen LogP contribution < -0.4 is 10.6 Å². The first-order valence-electron chi connectivity index (χ1n) is 8.45. The molecule has 0 unspecified atom stereocenters. The predicted octanol–water partition coefficient (Wildman–Crippen LogP) is 1.91. The van der Waals surface area contributed by atoms with E-state index in [1.807, 2.05) is 0 Å². The van der Waals surface area contributed by atoms with E-state index >= 15 is 0 Å². The maximum atomic E-state index is 13.1. The summed E-state index contributed by atoms with van der Waals surface area (Å²) in [7, 11) is 0. The topological polar surface area (TPSA) is 102 Å². The van der Waals surface area contributed by atoms with Crippen molar-refractivity contribution in [1.82, 2.24) is 25.5 Å². The normalized spacial score (nSPS) is 14.3. The van der Waals surface area contributed by atoms with Gasteiger partial charge in [-0.25, -0.2) is 13.5 Å². The van der Waals surface area contributed by atoms with Gasteiger partial charge >= 0.3 is 0 Å². The van der Waals surface area contributed by atoms with E-state index < -0.39 is 17.5 Å². The number of thioether (sulfide) groups is 1. The molecular formula is C16H18F2N6O2S. The van der Waals surface area contributed by atoms with Crippen molar-refractivity contribution in [3.63, 3.8) is 0 Å². The third-order valence-electron chi connectivity index (χ3n) is 4.12. The van der Waals surface area contributed by atoms with Crippen LogP contribution in [0.4, 0.5) is 14.5 Å². The van der Waals surface area contributed by atoms with Crippen molar-refractivity contribution in [3.8, 4) is 0 Å². The summed E-state index contributed by atoms with van der Waals surface area (Å²) in [5.41, 5.74) is 0.110. The van der Waals surface area contributed by atoms with Crippen LogP contribution in [0.1, 0.15) is 31.7 Å². The number of hydrogen-bond donors (Lipinski definition) is 2. The standard InChI is InChI=1S/C16H18F2N6O2S/c17-12-6-5-10(7-13(12)18)20-14(25)8-19-15(26)9-27-16-21-22-23-24(16)11-3-1-2-4-11/h5-7,11H,1-4,8-9H2,(H,19,26)(H,20,25). The summed E-state index contributed by atoms with van der Waals surface area (Å²) in [4.78, 5) is 23.7. The first-order chi connectivity index (χ1) is 13.0. The number of hydrogen-bond acceptors (Lipinski definition) is 6. The smallest absolute Gasteiger partial charge is 0.243 e. The van der Waals surface area contributed by atoms with Crippen LogP contribution >= 0.6 is 11.8 Å². The van der Waals surface area contributed by atoms with Crippen LogP contribution in [0.2, 0.25) is 0 Å². The number of anilines is 1. The van der Waals surface area contributed by atoms with Gasteiger partial charge in [-0.3, -0.25) is 9.59 Å². The van der Waals surface area contributed by atoms with Gasteiger partial charge in [0.05, 0.1) is 18.3 Å². The molecule has 2 aromatic rings. The number of rotatable bonds is 7. The molecule has 0 saturated heterocycles. The SMILES string of the molecule is O=C(CSc1nnnn1C1CCCC1)NCC(=O)Nc1ccc(F)c(F)c1. The summed E-state index contributed by atoms with van der Waals surface area (Å²) in [5.74, 6) is -2.91. The van der Waals surface area contributed by atoms with Gasteiger partial charge < -0.3 is 10.6 Å². The molecule has 1 aromatic heterocycles. The number of carbonyl (C=O) groups excluding carboxylic acids is 2. The highest BCUT2D eigenvalue weighted by atomic mass is 32.2. The average molecular weight is 396 g/mol. The molecule has 0 atom stereocenters. The highest BCUT2D eigenvalue weighted by Crippen LogP contribution is 2.31. The molecule has 3 rings (SSSR count). The van der Waals surface area contributed by atoms with Crippen molar-refractivity contribution in [2.24, 2.45) is 0 Å². The molecule has 144 valence electrons. The molecule has 2 N–H and O–H groups in total. The van der Waals surface area contributed by atoms with Crippen LogP contribution in [0.25, 0.3) is 0 Å². The predicted molar refractivity (Wildman–Crippen MR) is 94.0 cm³/mol. The molecule has 1 aliphatic rings. The van der Waals surface area contributed by atoms with Crippen molar-refractivity contribution in [1.29, 1.82) is 0 Å². The number of nitrogens with one attached hydrogen (secondary N) is 2. The Morgan fingerprint density at radius 3 is 2.70 bits per heavy atom. The molecule has 11 heteroatoms. The van der Waals surface area contributed by atoms with Gasteiger partial charge in [-0.2, -0.15) is 0 Å². The van der Waals surface area contributed by atoms with Gasteiger partial charge in [0.15, 0.2) is 11.6 Å². The van der Waals surface area contributed by atoms with Gasteiger partial charge in [0.2, 0.25) is 17.0 Å². The van der Waals surface area contributed by atoms with Crippen LogP contribution in [-0.4, -0.2) is 44.3 Å². The molecule has 0 radical (unpaired) electrons. The van der Waals surface area contributed by atoms with Crippen LogP contribution in [0, 0.1) is 11.6 Å². The van der Waals surface area contributed by atoms with E-state index in [9.17, 15) is 18.4 Å². The minimum Gasteiger partial charge on any atom is -0.346 e. The Labute approximate surface area is 158 Å². The van der Waals surface area contributed by atoms with Crippen molar-refractivity contribution >= 4 is 29.3 Å². The van der Waals surface area contributed by atoms with Crippen LogP contribution in [0.15, 0.2) is 23.4 Å². The first-order valence-corrected chi connectivity index (χ1v) is 9.44. The number of amides is 2. The molecule has 1 fully saturated rings. The Morgan fingerprint density at radius 1 is 1.19 bits per heavy atom. The Hall–Kier alpha value is -2.56. The van der Waals surface area contributed by atoms with Crippen LogP contribution in [-0.2, 0) is 9.59 Å². The molecule has 1 aliphatic carbocycles. The number of carbonyl (C=O) groups is 2. The van der Waals surface area contributed by atoms with Crippen molar-refractivity contribution < 1.29 is 18.4 Å². The maximum absolute atomic E-state index is 13.1. The zero-order chi connectivity index (χ0) is 19.2. The second-order valence-electron chi connectivity index (χ2n) is 6.09. The van der Waals surface area contributed by atoms with Crippen molar-refractivity contribution in [2.45, 2.75) is 36.9 Å². The fraction of sp³-hybridized carbons (Fsp3) is 0.438. The highest BCUT2D eigenvalue weighted by Gasteiger charge is 2.22. The summed E-state index contributed by atoms with van der Waals surface area (Å²) < 4.78 is 27.7. The first kappa shape index (κ1) is 19.2. The summed E-state index contributed by atoms with van der Waals surface area (Å²) in [6.45, 7) is -0.286. The molecular weight excluding hydrogens is 378 g/mol. The summed E-state index contributed by atoms with van der Waals surface area (Å²) >= 11 is 1.20. The fourth-order valence-electron chi connectivity index (χ4n) is 2.80. The molecule has 8 nitrogen and oxygen atoms in total. The van der Waals surface area contributed by atoms with E-state index in [-0.39, 0.29) is 29.9 Å². The number of benzene rings is 1. The quantitative estimate of drug-likeness (QED) is 0.694. The molecule has 2 amide bonds. The highest BCUT2D eigenvalue weighted by molar-refractivity contribution is 7.99. The Balaban J connectivity index is 1.42. The zero-order valence-corrected chi connectivity index (χ0v) is 15.1. The van der Waals surface area contributed by atoms with Crippen molar-refractivity contribution in [2.75, 3.05) is 17.6 Å². The lowest BCUT2D eigenvalue weighted by molar-refractivity contribution is -0.122. The number of nitrogens with zero attached hydrogens (tertiary/aromatic N) is 4.